The van der Waals surface area contributed by atoms with Crippen molar-refractivity contribution in [2.24, 2.45) is 5.41 Å². The number of aromatic nitrogens is 2. The van der Waals surface area contributed by atoms with Gasteiger partial charge in [0.05, 0.1) is 5.41 Å². The minimum absolute atomic E-state index is 0.165. The topological polar surface area (TPSA) is 58.2 Å². The molecule has 1 aliphatic rings. The van der Waals surface area contributed by atoms with Crippen molar-refractivity contribution in [2.45, 2.75) is 39.5 Å². The highest BCUT2D eigenvalue weighted by molar-refractivity contribution is 5.80. The largest absolute Gasteiger partial charge is 0.367 e. The fourth-order valence-corrected chi connectivity index (χ4v) is 2.83. The third-order valence-electron chi connectivity index (χ3n) is 4.20. The van der Waals surface area contributed by atoms with Crippen LogP contribution in [0.5, 0.6) is 0 Å². The summed E-state index contributed by atoms with van der Waals surface area (Å²) in [5, 5.41) is 3.00. The quantitative estimate of drug-likeness (QED) is 0.925. The molecule has 1 fully saturated rings. The lowest BCUT2D eigenvalue weighted by Crippen LogP contribution is -2.38. The van der Waals surface area contributed by atoms with E-state index >= 15 is 0 Å². The van der Waals surface area contributed by atoms with Crippen molar-refractivity contribution in [1.29, 1.82) is 0 Å². The highest BCUT2D eigenvalue weighted by Gasteiger charge is 2.29. The van der Waals surface area contributed by atoms with Crippen molar-refractivity contribution in [2.75, 3.05) is 13.1 Å². The van der Waals surface area contributed by atoms with E-state index in [1.54, 1.807) is 11.3 Å². The first-order valence-corrected chi connectivity index (χ1v) is 7.84. The molecule has 0 aromatic carbocycles. The van der Waals surface area contributed by atoms with Crippen molar-refractivity contribution in [3.63, 3.8) is 0 Å². The molecular weight excluding hydrogens is 278 g/mol. The molecule has 0 saturated carbocycles. The lowest BCUT2D eigenvalue weighted by Gasteiger charge is -2.32. The number of carbonyl (C=O) groups is 1. The maximum Gasteiger partial charge on any atom is 0.330 e. The van der Waals surface area contributed by atoms with E-state index in [-0.39, 0.29) is 5.97 Å². The van der Waals surface area contributed by atoms with Gasteiger partial charge in [0.2, 0.25) is 0 Å². The van der Waals surface area contributed by atoms with E-state index in [1.807, 2.05) is 26.8 Å². The number of H-pyrrole nitrogens is 1. The maximum atomic E-state index is 11.9. The van der Waals surface area contributed by atoms with Gasteiger partial charge in [0.25, 0.3) is 0 Å². The van der Waals surface area contributed by atoms with Gasteiger partial charge in [-0.25, -0.2) is 9.78 Å². The van der Waals surface area contributed by atoms with Gasteiger partial charge in [-0.05, 0) is 57.2 Å². The average Bonchev–Trinajstić information content (AvgIpc) is 2.91. The van der Waals surface area contributed by atoms with Crippen LogP contribution in [-0.2, 0) is 9.63 Å². The third kappa shape index (κ3) is 2.99. The Balaban J connectivity index is 1.64. The number of pyridine rings is 1. The minimum atomic E-state index is -0.459. The van der Waals surface area contributed by atoms with Gasteiger partial charge in [0.1, 0.15) is 5.65 Å². The second kappa shape index (κ2) is 5.72. The second-order valence-corrected chi connectivity index (χ2v) is 6.98. The van der Waals surface area contributed by atoms with E-state index in [4.69, 9.17) is 4.84 Å². The summed E-state index contributed by atoms with van der Waals surface area (Å²) in [6, 6.07) is 4.08. The monoisotopic (exact) mass is 301 g/mol. The maximum absolute atomic E-state index is 11.9. The number of hydrogen-bond acceptors (Lipinski definition) is 4. The van der Waals surface area contributed by atoms with E-state index in [9.17, 15) is 4.79 Å². The molecule has 1 aliphatic heterocycles. The Bertz CT molecular complexity index is 664. The first-order valence-electron chi connectivity index (χ1n) is 7.84. The van der Waals surface area contributed by atoms with E-state index < -0.39 is 5.41 Å². The Morgan fingerprint density at radius 2 is 2.09 bits per heavy atom. The number of carbonyl (C=O) groups excluding carboxylic acids is 1. The molecule has 118 valence electrons. The molecule has 5 heteroatoms. The van der Waals surface area contributed by atoms with Gasteiger partial charge in [-0.1, -0.05) is 0 Å². The van der Waals surface area contributed by atoms with Gasteiger partial charge in [-0.2, -0.15) is 0 Å². The number of nitrogens with zero attached hydrogens (tertiary/aromatic N) is 2. The summed E-state index contributed by atoms with van der Waals surface area (Å²) in [5.41, 5.74) is 1.81. The van der Waals surface area contributed by atoms with E-state index in [1.165, 1.54) is 10.9 Å². The zero-order valence-corrected chi connectivity index (χ0v) is 13.4. The van der Waals surface area contributed by atoms with Crippen LogP contribution >= 0.6 is 0 Å². The zero-order valence-electron chi connectivity index (χ0n) is 13.4. The molecule has 1 N–H and O–H groups in total. The molecular formula is C17H23N3O2. The van der Waals surface area contributed by atoms with Crippen molar-refractivity contribution >= 4 is 17.0 Å². The van der Waals surface area contributed by atoms with E-state index in [0.29, 0.717) is 5.92 Å². The molecule has 3 heterocycles. The highest BCUT2D eigenvalue weighted by atomic mass is 16.7. The number of aromatic amines is 1. The standard InChI is InChI=1S/C17H23N3O2/c1-17(2,3)16(21)22-20-9-6-12(7-10-20)14-11-19-15-13(14)5-4-8-18-15/h4-5,8,11-12H,6-7,9-10H2,1-3H3,(H,18,19). The highest BCUT2D eigenvalue weighted by Crippen LogP contribution is 2.32. The van der Waals surface area contributed by atoms with Crippen LogP contribution in [0.1, 0.15) is 45.1 Å². The van der Waals surface area contributed by atoms with Crippen LogP contribution in [-0.4, -0.2) is 34.1 Å². The Labute approximate surface area is 130 Å². The van der Waals surface area contributed by atoms with Crippen molar-refractivity contribution in [1.82, 2.24) is 15.0 Å². The number of hydrogen-bond donors (Lipinski definition) is 1. The summed E-state index contributed by atoms with van der Waals surface area (Å²) in [6.07, 6.45) is 5.84. The molecule has 0 amide bonds. The number of rotatable bonds is 2. The van der Waals surface area contributed by atoms with Crippen molar-refractivity contribution in [3.8, 4) is 0 Å². The first-order chi connectivity index (χ1) is 10.4. The van der Waals surface area contributed by atoms with E-state index in [0.717, 1.165) is 31.6 Å². The van der Waals surface area contributed by atoms with Gasteiger partial charge in [0.15, 0.2) is 0 Å². The molecule has 2 aromatic heterocycles. The van der Waals surface area contributed by atoms with Gasteiger partial charge < -0.3 is 9.82 Å². The van der Waals surface area contributed by atoms with Crippen LogP contribution in [0.25, 0.3) is 11.0 Å². The molecule has 0 spiro atoms. The molecule has 2 aromatic rings. The summed E-state index contributed by atoms with van der Waals surface area (Å²) < 4.78 is 0. The minimum Gasteiger partial charge on any atom is -0.367 e. The SMILES string of the molecule is CC(C)(C)C(=O)ON1CCC(c2c[nH]c3ncccc23)CC1. The average molecular weight is 301 g/mol. The summed E-state index contributed by atoms with van der Waals surface area (Å²) in [4.78, 5) is 25.0. The normalized spacial score (nSPS) is 17.8. The number of fused-ring (bicyclic) bond motifs is 1. The van der Waals surface area contributed by atoms with Crippen molar-refractivity contribution in [3.05, 3.63) is 30.1 Å². The van der Waals surface area contributed by atoms with Crippen LogP contribution in [0.4, 0.5) is 0 Å². The Kier molecular flexibility index (Phi) is 3.91. The molecule has 22 heavy (non-hydrogen) atoms. The molecule has 0 unspecified atom stereocenters. The number of hydroxylamine groups is 2. The van der Waals surface area contributed by atoms with Crippen LogP contribution in [0, 0.1) is 5.41 Å². The van der Waals surface area contributed by atoms with Crippen LogP contribution in [0.15, 0.2) is 24.5 Å². The van der Waals surface area contributed by atoms with Crippen molar-refractivity contribution < 1.29 is 9.63 Å². The first kappa shape index (κ1) is 15.0. The van der Waals surface area contributed by atoms with Crippen LogP contribution in [0.2, 0.25) is 0 Å². The van der Waals surface area contributed by atoms with Gasteiger partial charge >= 0.3 is 5.97 Å². The fourth-order valence-electron chi connectivity index (χ4n) is 2.83. The molecule has 5 nitrogen and oxygen atoms in total. The van der Waals surface area contributed by atoms with Crippen LogP contribution < -0.4 is 0 Å². The lowest BCUT2D eigenvalue weighted by atomic mass is 9.90. The Hall–Kier alpha value is -1.88. The van der Waals surface area contributed by atoms with Gasteiger partial charge in [0, 0.05) is 30.9 Å². The number of nitrogens with one attached hydrogen (secondary N) is 1. The summed E-state index contributed by atoms with van der Waals surface area (Å²) >= 11 is 0. The summed E-state index contributed by atoms with van der Waals surface area (Å²) in [7, 11) is 0. The molecule has 0 aliphatic carbocycles. The Morgan fingerprint density at radius 1 is 1.36 bits per heavy atom. The molecule has 0 atom stereocenters. The molecule has 0 bridgehead atoms. The second-order valence-electron chi connectivity index (χ2n) is 6.98. The number of piperidine rings is 1. The van der Waals surface area contributed by atoms with Gasteiger partial charge in [-0.15, -0.1) is 5.06 Å². The van der Waals surface area contributed by atoms with E-state index in [2.05, 4.69) is 22.2 Å². The molecule has 3 rings (SSSR count). The zero-order chi connectivity index (χ0) is 15.7. The molecule has 0 radical (unpaired) electrons. The van der Waals surface area contributed by atoms with Gasteiger partial charge in [-0.3, -0.25) is 0 Å². The lowest BCUT2D eigenvalue weighted by molar-refractivity contribution is -0.204. The summed E-state index contributed by atoms with van der Waals surface area (Å²) in [6.45, 7) is 7.18. The smallest absolute Gasteiger partial charge is 0.330 e. The Morgan fingerprint density at radius 3 is 2.77 bits per heavy atom. The fraction of sp³-hybridized carbons (Fsp3) is 0.529. The summed E-state index contributed by atoms with van der Waals surface area (Å²) in [5.74, 6) is 0.324. The molecule has 1 saturated heterocycles. The predicted octanol–water partition coefficient (Wildman–Crippen LogP) is 3.25. The van der Waals surface area contributed by atoms with Crippen LogP contribution in [0.3, 0.4) is 0 Å². The predicted molar refractivity (Wildman–Crippen MR) is 85.2 cm³/mol. The third-order valence-corrected chi connectivity index (χ3v) is 4.20.